The van der Waals surface area contributed by atoms with E-state index in [9.17, 15) is 29.4 Å². The van der Waals surface area contributed by atoms with Gasteiger partial charge in [-0.1, -0.05) is 26.0 Å². The van der Waals surface area contributed by atoms with Gasteiger partial charge in [-0.15, -0.1) is 0 Å². The molecule has 1 heterocycles. The number of carbonyl (C=O) groups is 4. The monoisotopic (exact) mass is 488 g/mol. The number of nitrogens with one attached hydrogen (secondary N) is 4. The van der Waals surface area contributed by atoms with Crippen molar-refractivity contribution in [3.8, 4) is 5.75 Å². The highest BCUT2D eigenvalue weighted by molar-refractivity contribution is 5.92. The summed E-state index contributed by atoms with van der Waals surface area (Å²) in [5.41, 5.74) is 7.12. The van der Waals surface area contributed by atoms with Crippen LogP contribution >= 0.6 is 0 Å². The summed E-state index contributed by atoms with van der Waals surface area (Å²) in [5.74, 6) is -2.87. The maximum absolute atomic E-state index is 12.8. The predicted octanol–water partition coefficient (Wildman–Crippen LogP) is -0.556. The molecule has 0 saturated heterocycles. The standard InChI is InChI=1S/C23H32N6O6/c1-13(2)7-17(24)21(32)29-18(8-14-3-5-16(30)6-4-14)22(33)26-11-20(31)28-19(23(34)35)9-15-10-25-12-27-15/h3-6,10,12-13,17-19,30H,7-9,11,24H2,1-2H3,(H,25,27)(H,26,33)(H,28,31)(H,29,32)(H,34,35). The third kappa shape index (κ3) is 9.45. The summed E-state index contributed by atoms with van der Waals surface area (Å²) in [4.78, 5) is 55.8. The van der Waals surface area contributed by atoms with Crippen molar-refractivity contribution in [2.45, 2.75) is 51.2 Å². The number of phenols is 1. The maximum atomic E-state index is 12.8. The summed E-state index contributed by atoms with van der Waals surface area (Å²) in [7, 11) is 0. The number of aliphatic carboxylic acids is 1. The molecular weight excluding hydrogens is 456 g/mol. The molecule has 0 fully saturated rings. The molecule has 3 unspecified atom stereocenters. The van der Waals surface area contributed by atoms with Gasteiger partial charge in [-0.05, 0) is 30.0 Å². The van der Waals surface area contributed by atoms with E-state index < -0.39 is 48.4 Å². The van der Waals surface area contributed by atoms with Gasteiger partial charge in [-0.25, -0.2) is 9.78 Å². The Morgan fingerprint density at radius 3 is 2.29 bits per heavy atom. The summed E-state index contributed by atoms with van der Waals surface area (Å²) >= 11 is 0. The van der Waals surface area contributed by atoms with Gasteiger partial charge in [-0.2, -0.15) is 0 Å². The number of rotatable bonds is 13. The molecule has 3 amide bonds. The highest BCUT2D eigenvalue weighted by Gasteiger charge is 2.26. The Hall–Kier alpha value is -3.93. The van der Waals surface area contributed by atoms with Gasteiger partial charge in [0, 0.05) is 24.7 Å². The second-order valence-electron chi connectivity index (χ2n) is 8.62. The van der Waals surface area contributed by atoms with Crippen LogP contribution in [0, 0.1) is 5.92 Å². The van der Waals surface area contributed by atoms with Crippen LogP contribution in [0.3, 0.4) is 0 Å². The lowest BCUT2D eigenvalue weighted by atomic mass is 10.0. The Morgan fingerprint density at radius 2 is 1.71 bits per heavy atom. The first-order valence-electron chi connectivity index (χ1n) is 11.2. The fourth-order valence-corrected chi connectivity index (χ4v) is 3.32. The van der Waals surface area contributed by atoms with Gasteiger partial charge in [0.2, 0.25) is 17.7 Å². The molecule has 12 heteroatoms. The Balaban J connectivity index is 2.01. The predicted molar refractivity (Wildman–Crippen MR) is 126 cm³/mol. The number of nitrogens with zero attached hydrogens (tertiary/aromatic N) is 1. The van der Waals surface area contributed by atoms with Crippen LogP contribution in [-0.2, 0) is 32.0 Å². The SMILES string of the molecule is CC(C)CC(N)C(=O)NC(Cc1ccc(O)cc1)C(=O)NCC(=O)NC(Cc1cnc[nH]1)C(=O)O. The summed E-state index contributed by atoms with van der Waals surface area (Å²) in [6.07, 6.45) is 3.35. The van der Waals surface area contributed by atoms with Gasteiger partial charge in [0.05, 0.1) is 18.9 Å². The number of imidazole rings is 1. The zero-order valence-electron chi connectivity index (χ0n) is 19.7. The Bertz CT molecular complexity index is 992. The molecule has 35 heavy (non-hydrogen) atoms. The fourth-order valence-electron chi connectivity index (χ4n) is 3.32. The number of carboxylic acid groups (broad SMARTS) is 1. The Labute approximate surface area is 202 Å². The lowest BCUT2D eigenvalue weighted by Crippen LogP contribution is -2.54. The molecule has 3 atom stereocenters. The van der Waals surface area contributed by atoms with Crippen molar-refractivity contribution < 1.29 is 29.4 Å². The maximum Gasteiger partial charge on any atom is 0.326 e. The molecule has 0 saturated carbocycles. The molecule has 1 aromatic heterocycles. The molecule has 0 aliphatic rings. The number of phenolic OH excluding ortho intramolecular Hbond substituents is 1. The van der Waals surface area contributed by atoms with Crippen molar-refractivity contribution in [2.75, 3.05) is 6.54 Å². The number of benzene rings is 1. The minimum Gasteiger partial charge on any atom is -0.508 e. The van der Waals surface area contributed by atoms with Gasteiger partial charge in [0.25, 0.3) is 0 Å². The number of hydrogen-bond acceptors (Lipinski definition) is 7. The molecule has 0 aliphatic heterocycles. The van der Waals surface area contributed by atoms with Crippen LogP contribution in [0.25, 0.3) is 0 Å². The van der Waals surface area contributed by atoms with E-state index in [4.69, 9.17) is 5.73 Å². The van der Waals surface area contributed by atoms with Gasteiger partial charge in [0.15, 0.2) is 0 Å². The number of nitrogens with two attached hydrogens (primary N) is 1. The fraction of sp³-hybridized carbons (Fsp3) is 0.435. The number of carboxylic acids is 1. The Morgan fingerprint density at radius 1 is 1.03 bits per heavy atom. The molecule has 12 nitrogen and oxygen atoms in total. The van der Waals surface area contributed by atoms with E-state index in [0.717, 1.165) is 0 Å². The molecule has 1 aromatic carbocycles. The molecule has 0 aliphatic carbocycles. The molecule has 190 valence electrons. The minimum absolute atomic E-state index is 0.0116. The zero-order valence-corrected chi connectivity index (χ0v) is 19.7. The van der Waals surface area contributed by atoms with E-state index in [0.29, 0.717) is 17.7 Å². The van der Waals surface area contributed by atoms with Crippen LogP contribution in [-0.4, -0.2) is 68.5 Å². The van der Waals surface area contributed by atoms with E-state index >= 15 is 0 Å². The number of aromatic amines is 1. The normalized spacial score (nSPS) is 13.5. The topological polar surface area (TPSA) is 200 Å². The van der Waals surface area contributed by atoms with Crippen LogP contribution in [0.4, 0.5) is 0 Å². The van der Waals surface area contributed by atoms with Crippen molar-refractivity contribution in [1.29, 1.82) is 0 Å². The second-order valence-corrected chi connectivity index (χ2v) is 8.62. The summed E-state index contributed by atoms with van der Waals surface area (Å²) < 4.78 is 0. The molecule has 2 rings (SSSR count). The van der Waals surface area contributed by atoms with Gasteiger partial charge in [-0.3, -0.25) is 14.4 Å². The van der Waals surface area contributed by atoms with Crippen LogP contribution < -0.4 is 21.7 Å². The first-order valence-corrected chi connectivity index (χ1v) is 11.2. The Kier molecular flexibility index (Phi) is 10.2. The zero-order chi connectivity index (χ0) is 26.0. The molecule has 0 spiro atoms. The van der Waals surface area contributed by atoms with Gasteiger partial charge in [0.1, 0.15) is 17.8 Å². The number of aromatic nitrogens is 2. The van der Waals surface area contributed by atoms with E-state index in [1.165, 1.54) is 24.7 Å². The number of hydrogen-bond donors (Lipinski definition) is 7. The number of H-pyrrole nitrogens is 1. The second kappa shape index (κ2) is 13.1. The third-order valence-electron chi connectivity index (χ3n) is 5.11. The van der Waals surface area contributed by atoms with Crippen molar-refractivity contribution in [3.63, 3.8) is 0 Å². The lowest BCUT2D eigenvalue weighted by molar-refractivity contribution is -0.141. The quantitative estimate of drug-likeness (QED) is 0.194. The molecule has 8 N–H and O–H groups in total. The molecule has 2 aromatic rings. The smallest absolute Gasteiger partial charge is 0.326 e. The van der Waals surface area contributed by atoms with E-state index in [1.807, 2.05) is 13.8 Å². The summed E-state index contributed by atoms with van der Waals surface area (Å²) in [5, 5.41) is 26.3. The minimum atomic E-state index is -1.24. The average Bonchev–Trinajstić information content (AvgIpc) is 3.30. The van der Waals surface area contributed by atoms with Crippen LogP contribution in [0.1, 0.15) is 31.5 Å². The van der Waals surface area contributed by atoms with Gasteiger partial charge >= 0.3 is 5.97 Å². The molecular formula is C23H32N6O6. The van der Waals surface area contributed by atoms with Crippen LogP contribution in [0.15, 0.2) is 36.8 Å². The number of aromatic hydroxyl groups is 1. The van der Waals surface area contributed by atoms with E-state index in [2.05, 4.69) is 25.9 Å². The third-order valence-corrected chi connectivity index (χ3v) is 5.11. The molecule has 0 bridgehead atoms. The van der Waals surface area contributed by atoms with Crippen molar-refractivity contribution in [3.05, 3.63) is 48.0 Å². The lowest BCUT2D eigenvalue weighted by Gasteiger charge is -2.22. The van der Waals surface area contributed by atoms with Crippen molar-refractivity contribution >= 4 is 23.7 Å². The highest BCUT2D eigenvalue weighted by atomic mass is 16.4. The average molecular weight is 489 g/mol. The number of amides is 3. The van der Waals surface area contributed by atoms with Crippen LogP contribution in [0.5, 0.6) is 5.75 Å². The van der Waals surface area contributed by atoms with Crippen molar-refractivity contribution in [2.24, 2.45) is 11.7 Å². The van der Waals surface area contributed by atoms with Gasteiger partial charge < -0.3 is 36.9 Å². The highest BCUT2D eigenvalue weighted by Crippen LogP contribution is 2.12. The first kappa shape index (κ1) is 27.3. The van der Waals surface area contributed by atoms with Crippen LogP contribution in [0.2, 0.25) is 0 Å². The first-order chi connectivity index (χ1) is 16.5. The summed E-state index contributed by atoms with van der Waals surface area (Å²) in [6, 6.07) is 3.04. The number of carbonyl (C=O) groups excluding carboxylic acids is 3. The summed E-state index contributed by atoms with van der Waals surface area (Å²) in [6.45, 7) is 3.35. The van der Waals surface area contributed by atoms with E-state index in [-0.39, 0.29) is 24.5 Å². The molecule has 0 radical (unpaired) electrons. The largest absolute Gasteiger partial charge is 0.508 e. The van der Waals surface area contributed by atoms with E-state index in [1.54, 1.807) is 12.1 Å². The van der Waals surface area contributed by atoms with Crippen molar-refractivity contribution in [1.82, 2.24) is 25.9 Å².